The minimum atomic E-state index is -0.490. The summed E-state index contributed by atoms with van der Waals surface area (Å²) in [5.74, 6) is 4.60. The zero-order valence-electron chi connectivity index (χ0n) is 9.80. The maximum atomic E-state index is 13.3. The summed E-state index contributed by atoms with van der Waals surface area (Å²) in [4.78, 5) is 4.02. The van der Waals surface area contributed by atoms with E-state index in [0.717, 1.165) is 18.2 Å². The van der Waals surface area contributed by atoms with Crippen LogP contribution >= 0.6 is 0 Å². The molecule has 0 radical (unpaired) electrons. The molecule has 0 atom stereocenters. The molecule has 0 unspecified atom stereocenters. The molecule has 4 N–H and O–H groups in total. The van der Waals surface area contributed by atoms with Gasteiger partial charge in [0, 0.05) is 11.6 Å². The van der Waals surface area contributed by atoms with E-state index < -0.39 is 11.6 Å². The fourth-order valence-electron chi connectivity index (χ4n) is 1.24. The molecule has 0 aliphatic carbocycles. The largest absolute Gasteiger partial charge is 0.353 e. The number of hydrogen-bond acceptors (Lipinski definition) is 2. The van der Waals surface area contributed by atoms with Gasteiger partial charge >= 0.3 is 0 Å². The van der Waals surface area contributed by atoms with Crippen molar-refractivity contribution in [2.24, 2.45) is 10.8 Å². The van der Waals surface area contributed by atoms with Gasteiger partial charge in [-0.3, -0.25) is 5.43 Å². The first-order chi connectivity index (χ1) is 8.02. The Morgan fingerprint density at radius 2 is 2.12 bits per heavy atom. The molecule has 1 rings (SSSR count). The molecule has 6 heteroatoms. The molecule has 0 aliphatic rings. The van der Waals surface area contributed by atoms with Crippen LogP contribution in [0.3, 0.4) is 0 Å². The Bertz CT molecular complexity index is 404. The highest BCUT2D eigenvalue weighted by molar-refractivity contribution is 5.79. The Kier molecular flexibility index (Phi) is 4.84. The topological polar surface area (TPSA) is 62.4 Å². The molecule has 0 saturated carbocycles. The molecule has 0 bridgehead atoms. The highest BCUT2D eigenvalue weighted by atomic mass is 19.1. The molecule has 1 aromatic rings. The molecular weight excluding hydrogens is 226 g/mol. The van der Waals surface area contributed by atoms with Crippen LogP contribution in [0.2, 0.25) is 0 Å². The van der Waals surface area contributed by atoms with Crippen molar-refractivity contribution in [2.75, 3.05) is 0 Å². The lowest BCUT2D eigenvalue weighted by molar-refractivity contribution is 0.585. The summed E-state index contributed by atoms with van der Waals surface area (Å²) in [5, 5.41) is 2.93. The van der Waals surface area contributed by atoms with Crippen LogP contribution in [0.4, 0.5) is 8.78 Å². The standard InChI is InChI=1S/C11H16F2N4/c1-7(2)16-11(17-14)15-6-8-5-9(12)3-4-10(8)13/h3-5,7H,6,14H2,1-2H3,(H2,15,16,17). The summed E-state index contributed by atoms with van der Waals surface area (Å²) in [7, 11) is 0. The van der Waals surface area contributed by atoms with Gasteiger partial charge in [-0.15, -0.1) is 0 Å². The molecule has 0 heterocycles. The van der Waals surface area contributed by atoms with Crippen molar-refractivity contribution in [1.82, 2.24) is 10.7 Å². The summed E-state index contributed by atoms with van der Waals surface area (Å²) in [5.41, 5.74) is 2.54. The fraction of sp³-hybridized carbons (Fsp3) is 0.364. The predicted molar refractivity (Wildman–Crippen MR) is 63.1 cm³/mol. The van der Waals surface area contributed by atoms with Gasteiger partial charge in [-0.25, -0.2) is 19.6 Å². The van der Waals surface area contributed by atoms with Gasteiger partial charge in [0.2, 0.25) is 5.96 Å². The number of nitrogens with zero attached hydrogens (tertiary/aromatic N) is 1. The molecule has 4 nitrogen and oxygen atoms in total. The van der Waals surface area contributed by atoms with Crippen molar-refractivity contribution in [3.8, 4) is 0 Å². The molecular formula is C11H16F2N4. The number of benzene rings is 1. The molecule has 0 amide bonds. The third-order valence-corrected chi connectivity index (χ3v) is 1.98. The number of guanidine groups is 1. The molecule has 0 saturated heterocycles. The van der Waals surface area contributed by atoms with E-state index in [2.05, 4.69) is 15.7 Å². The van der Waals surface area contributed by atoms with Crippen molar-refractivity contribution in [2.45, 2.75) is 26.4 Å². The highest BCUT2D eigenvalue weighted by Gasteiger charge is 2.04. The second-order valence-corrected chi connectivity index (χ2v) is 3.84. The number of nitrogens with one attached hydrogen (secondary N) is 2. The Morgan fingerprint density at radius 1 is 1.41 bits per heavy atom. The normalized spacial score (nSPS) is 11.8. The predicted octanol–water partition coefficient (Wildman–Crippen LogP) is 1.28. The minimum Gasteiger partial charge on any atom is -0.353 e. The Labute approximate surface area is 98.9 Å². The lowest BCUT2D eigenvalue weighted by Gasteiger charge is -2.12. The minimum absolute atomic E-state index is 0.0167. The fourth-order valence-corrected chi connectivity index (χ4v) is 1.24. The first-order valence-corrected chi connectivity index (χ1v) is 5.24. The summed E-state index contributed by atoms with van der Waals surface area (Å²) in [6.45, 7) is 3.84. The highest BCUT2D eigenvalue weighted by Crippen LogP contribution is 2.10. The van der Waals surface area contributed by atoms with Gasteiger partial charge in [-0.1, -0.05) is 0 Å². The van der Waals surface area contributed by atoms with Crippen molar-refractivity contribution < 1.29 is 8.78 Å². The third kappa shape index (κ3) is 4.36. The molecule has 0 aromatic heterocycles. The molecule has 0 aliphatic heterocycles. The van der Waals surface area contributed by atoms with Gasteiger partial charge < -0.3 is 5.32 Å². The summed E-state index contributed by atoms with van der Waals surface area (Å²) < 4.78 is 26.2. The van der Waals surface area contributed by atoms with E-state index in [9.17, 15) is 8.78 Å². The van der Waals surface area contributed by atoms with E-state index in [0.29, 0.717) is 5.96 Å². The molecule has 17 heavy (non-hydrogen) atoms. The summed E-state index contributed by atoms with van der Waals surface area (Å²) in [6.07, 6.45) is 0. The van der Waals surface area contributed by atoms with Crippen LogP contribution in [0, 0.1) is 11.6 Å². The van der Waals surface area contributed by atoms with Gasteiger partial charge in [0.15, 0.2) is 0 Å². The molecule has 0 fully saturated rings. The van der Waals surface area contributed by atoms with Gasteiger partial charge in [0.1, 0.15) is 11.6 Å². The van der Waals surface area contributed by atoms with Crippen LogP contribution in [-0.4, -0.2) is 12.0 Å². The number of hydrazine groups is 1. The summed E-state index contributed by atoms with van der Waals surface area (Å²) >= 11 is 0. The van der Waals surface area contributed by atoms with Crippen molar-refractivity contribution in [3.63, 3.8) is 0 Å². The SMILES string of the molecule is CC(C)NC(=NCc1cc(F)ccc1F)NN. The van der Waals surface area contributed by atoms with Crippen LogP contribution in [0.15, 0.2) is 23.2 Å². The van der Waals surface area contributed by atoms with Gasteiger partial charge in [0.25, 0.3) is 0 Å². The lowest BCUT2D eigenvalue weighted by Crippen LogP contribution is -2.44. The Morgan fingerprint density at radius 3 is 2.71 bits per heavy atom. The molecule has 1 aromatic carbocycles. The van der Waals surface area contributed by atoms with Gasteiger partial charge in [-0.2, -0.15) is 0 Å². The number of rotatable bonds is 3. The zero-order chi connectivity index (χ0) is 12.8. The molecule has 0 spiro atoms. The number of aliphatic imine (C=N–C) groups is 1. The quantitative estimate of drug-likeness (QED) is 0.324. The number of halogens is 2. The second kappa shape index (κ2) is 6.15. The zero-order valence-corrected chi connectivity index (χ0v) is 9.80. The molecule has 94 valence electrons. The maximum absolute atomic E-state index is 13.3. The first-order valence-electron chi connectivity index (χ1n) is 5.24. The number of hydrogen-bond donors (Lipinski definition) is 3. The van der Waals surface area contributed by atoms with Crippen LogP contribution in [0.1, 0.15) is 19.4 Å². The second-order valence-electron chi connectivity index (χ2n) is 3.84. The average molecular weight is 242 g/mol. The van der Waals surface area contributed by atoms with E-state index in [1.807, 2.05) is 13.8 Å². The van der Waals surface area contributed by atoms with E-state index in [1.165, 1.54) is 0 Å². The smallest absolute Gasteiger partial charge is 0.206 e. The van der Waals surface area contributed by atoms with Crippen molar-refractivity contribution >= 4 is 5.96 Å². The van der Waals surface area contributed by atoms with Crippen LogP contribution < -0.4 is 16.6 Å². The Balaban J connectivity index is 2.76. The van der Waals surface area contributed by atoms with E-state index >= 15 is 0 Å². The maximum Gasteiger partial charge on any atom is 0.206 e. The monoisotopic (exact) mass is 242 g/mol. The van der Waals surface area contributed by atoms with Crippen molar-refractivity contribution in [1.29, 1.82) is 0 Å². The van der Waals surface area contributed by atoms with E-state index in [-0.39, 0.29) is 18.2 Å². The summed E-state index contributed by atoms with van der Waals surface area (Å²) in [6, 6.07) is 3.40. The average Bonchev–Trinajstić information content (AvgIpc) is 2.28. The third-order valence-electron chi connectivity index (χ3n) is 1.98. The van der Waals surface area contributed by atoms with Crippen molar-refractivity contribution in [3.05, 3.63) is 35.4 Å². The Hall–Kier alpha value is -1.69. The van der Waals surface area contributed by atoms with Gasteiger partial charge in [-0.05, 0) is 32.0 Å². The van der Waals surface area contributed by atoms with Crippen LogP contribution in [0.5, 0.6) is 0 Å². The van der Waals surface area contributed by atoms with E-state index in [4.69, 9.17) is 5.84 Å². The van der Waals surface area contributed by atoms with E-state index in [1.54, 1.807) is 0 Å². The first kappa shape index (κ1) is 13.4. The lowest BCUT2D eigenvalue weighted by atomic mass is 10.2. The number of nitrogens with two attached hydrogens (primary N) is 1. The van der Waals surface area contributed by atoms with Crippen LogP contribution in [0.25, 0.3) is 0 Å². The van der Waals surface area contributed by atoms with Crippen LogP contribution in [-0.2, 0) is 6.54 Å². The van der Waals surface area contributed by atoms with Gasteiger partial charge in [0.05, 0.1) is 6.54 Å².